The molecular formula is C19H27N5O. The number of carbonyl (C=O) groups excluding carboxylic acids is 1. The van der Waals surface area contributed by atoms with Gasteiger partial charge in [0.2, 0.25) is 0 Å². The van der Waals surface area contributed by atoms with Crippen LogP contribution in [0, 0.1) is 0 Å². The number of rotatable bonds is 6. The van der Waals surface area contributed by atoms with Gasteiger partial charge in [0.1, 0.15) is 0 Å². The molecule has 0 bridgehead atoms. The fourth-order valence-electron chi connectivity index (χ4n) is 3.46. The molecule has 0 saturated carbocycles. The summed E-state index contributed by atoms with van der Waals surface area (Å²) in [6, 6.07) is 12.7. The fraction of sp³-hybridized carbons (Fsp3) is 0.474. The standard InChI is InChI=1S/C19H27N5O/c1-3-24(19(25)20-13-17-9-11-21-22(17)2)18-10-12-23(15-18)14-16-7-5-4-6-8-16/h4-9,11,18H,3,10,12-15H2,1-2H3,(H,20,25). The summed E-state index contributed by atoms with van der Waals surface area (Å²) < 4.78 is 1.79. The topological polar surface area (TPSA) is 53.4 Å². The van der Waals surface area contributed by atoms with Crippen molar-refractivity contribution in [1.29, 1.82) is 0 Å². The van der Waals surface area contributed by atoms with Gasteiger partial charge in [0.25, 0.3) is 0 Å². The molecule has 1 unspecified atom stereocenters. The number of likely N-dealkylation sites (N-methyl/N-ethyl adjacent to an activating group) is 1. The number of nitrogens with one attached hydrogen (secondary N) is 1. The number of hydrogen-bond acceptors (Lipinski definition) is 3. The first-order valence-corrected chi connectivity index (χ1v) is 8.95. The van der Waals surface area contributed by atoms with Crippen molar-refractivity contribution in [2.45, 2.75) is 32.5 Å². The van der Waals surface area contributed by atoms with Crippen molar-refractivity contribution in [1.82, 2.24) is 24.9 Å². The van der Waals surface area contributed by atoms with Crippen LogP contribution in [0.25, 0.3) is 0 Å². The lowest BCUT2D eigenvalue weighted by atomic mass is 10.2. The van der Waals surface area contributed by atoms with E-state index in [2.05, 4.69) is 39.6 Å². The molecule has 134 valence electrons. The molecule has 6 nitrogen and oxygen atoms in total. The molecule has 2 amide bonds. The Hall–Kier alpha value is -2.34. The zero-order valence-corrected chi connectivity index (χ0v) is 15.1. The highest BCUT2D eigenvalue weighted by molar-refractivity contribution is 5.74. The summed E-state index contributed by atoms with van der Waals surface area (Å²) in [7, 11) is 1.89. The van der Waals surface area contributed by atoms with E-state index >= 15 is 0 Å². The predicted molar refractivity (Wildman–Crippen MR) is 97.9 cm³/mol. The number of amides is 2. The first-order chi connectivity index (χ1) is 12.2. The van der Waals surface area contributed by atoms with Crippen LogP contribution in [0.15, 0.2) is 42.6 Å². The molecule has 1 N–H and O–H groups in total. The van der Waals surface area contributed by atoms with E-state index in [4.69, 9.17) is 0 Å². The fourth-order valence-corrected chi connectivity index (χ4v) is 3.46. The molecule has 1 saturated heterocycles. The molecule has 2 aromatic rings. The first kappa shape index (κ1) is 17.5. The summed E-state index contributed by atoms with van der Waals surface area (Å²) in [6.45, 7) is 6.19. The number of hydrogen-bond donors (Lipinski definition) is 1. The van der Waals surface area contributed by atoms with Crippen LogP contribution < -0.4 is 5.32 Å². The van der Waals surface area contributed by atoms with E-state index in [-0.39, 0.29) is 12.1 Å². The Balaban J connectivity index is 1.52. The lowest BCUT2D eigenvalue weighted by Crippen LogP contribution is -2.47. The minimum Gasteiger partial charge on any atom is -0.332 e. The van der Waals surface area contributed by atoms with Gasteiger partial charge in [0.15, 0.2) is 0 Å². The maximum atomic E-state index is 12.6. The third-order valence-corrected chi connectivity index (χ3v) is 4.88. The van der Waals surface area contributed by atoms with Crippen molar-refractivity contribution >= 4 is 6.03 Å². The van der Waals surface area contributed by atoms with Crippen LogP contribution in [0.4, 0.5) is 4.79 Å². The molecule has 1 aromatic carbocycles. The van der Waals surface area contributed by atoms with Crippen LogP contribution in [0.5, 0.6) is 0 Å². The van der Waals surface area contributed by atoms with Crippen LogP contribution in [-0.4, -0.2) is 51.3 Å². The largest absolute Gasteiger partial charge is 0.332 e. The Labute approximate surface area is 149 Å². The number of nitrogens with zero attached hydrogens (tertiary/aromatic N) is 4. The van der Waals surface area contributed by atoms with Gasteiger partial charge >= 0.3 is 6.03 Å². The normalized spacial score (nSPS) is 17.6. The van der Waals surface area contributed by atoms with Crippen LogP contribution in [-0.2, 0) is 20.1 Å². The predicted octanol–water partition coefficient (Wildman–Crippen LogP) is 2.23. The van der Waals surface area contributed by atoms with Gasteiger partial charge in [-0.15, -0.1) is 0 Å². The second kappa shape index (κ2) is 8.16. The van der Waals surface area contributed by atoms with Gasteiger partial charge in [-0.2, -0.15) is 5.10 Å². The van der Waals surface area contributed by atoms with E-state index in [0.29, 0.717) is 6.54 Å². The number of carbonyl (C=O) groups is 1. The number of aromatic nitrogens is 2. The van der Waals surface area contributed by atoms with E-state index in [0.717, 1.165) is 38.3 Å². The van der Waals surface area contributed by atoms with Gasteiger partial charge in [-0.05, 0) is 25.0 Å². The Bertz CT molecular complexity index is 684. The van der Waals surface area contributed by atoms with Crippen molar-refractivity contribution in [3.8, 4) is 0 Å². The molecule has 3 rings (SSSR count). The summed E-state index contributed by atoms with van der Waals surface area (Å²) >= 11 is 0. The van der Waals surface area contributed by atoms with Gasteiger partial charge in [-0.25, -0.2) is 4.79 Å². The highest BCUT2D eigenvalue weighted by Gasteiger charge is 2.29. The van der Waals surface area contributed by atoms with E-state index in [1.165, 1.54) is 5.56 Å². The minimum atomic E-state index is 0.00950. The monoisotopic (exact) mass is 341 g/mol. The maximum absolute atomic E-state index is 12.6. The molecule has 2 heterocycles. The Kier molecular flexibility index (Phi) is 5.71. The summed E-state index contributed by atoms with van der Waals surface area (Å²) in [5.74, 6) is 0. The highest BCUT2D eigenvalue weighted by Crippen LogP contribution is 2.18. The maximum Gasteiger partial charge on any atom is 0.318 e. The van der Waals surface area contributed by atoms with Crippen molar-refractivity contribution < 1.29 is 4.79 Å². The van der Waals surface area contributed by atoms with Crippen LogP contribution in [0.3, 0.4) is 0 Å². The minimum absolute atomic E-state index is 0.00950. The number of likely N-dealkylation sites (tertiary alicyclic amines) is 1. The molecule has 1 atom stereocenters. The Morgan fingerprint density at radius 2 is 2.12 bits per heavy atom. The highest BCUT2D eigenvalue weighted by atomic mass is 16.2. The van der Waals surface area contributed by atoms with Gasteiger partial charge in [-0.1, -0.05) is 30.3 Å². The third kappa shape index (κ3) is 4.39. The van der Waals surface area contributed by atoms with Gasteiger partial charge in [-0.3, -0.25) is 9.58 Å². The lowest BCUT2D eigenvalue weighted by Gasteiger charge is -2.28. The van der Waals surface area contributed by atoms with Crippen molar-refractivity contribution in [3.05, 3.63) is 53.9 Å². The van der Waals surface area contributed by atoms with Crippen molar-refractivity contribution in [2.75, 3.05) is 19.6 Å². The number of benzene rings is 1. The molecular weight excluding hydrogens is 314 g/mol. The lowest BCUT2D eigenvalue weighted by molar-refractivity contribution is 0.176. The van der Waals surface area contributed by atoms with Crippen LogP contribution in [0.1, 0.15) is 24.6 Å². The van der Waals surface area contributed by atoms with Gasteiger partial charge in [0.05, 0.1) is 12.2 Å². The number of aryl methyl sites for hydroxylation is 1. The van der Waals surface area contributed by atoms with Crippen molar-refractivity contribution in [3.63, 3.8) is 0 Å². The molecule has 25 heavy (non-hydrogen) atoms. The molecule has 1 fully saturated rings. The second-order valence-electron chi connectivity index (χ2n) is 6.55. The molecule has 6 heteroatoms. The molecule has 1 aliphatic heterocycles. The average molecular weight is 341 g/mol. The first-order valence-electron chi connectivity index (χ1n) is 8.95. The Morgan fingerprint density at radius 3 is 2.80 bits per heavy atom. The summed E-state index contributed by atoms with van der Waals surface area (Å²) in [4.78, 5) is 17.0. The van der Waals surface area contributed by atoms with Gasteiger partial charge < -0.3 is 10.2 Å². The average Bonchev–Trinajstić information content (AvgIpc) is 3.24. The zero-order valence-electron chi connectivity index (χ0n) is 15.1. The third-order valence-electron chi connectivity index (χ3n) is 4.88. The van der Waals surface area contributed by atoms with E-state index in [1.807, 2.05) is 31.0 Å². The second-order valence-corrected chi connectivity index (χ2v) is 6.55. The Morgan fingerprint density at radius 1 is 1.32 bits per heavy atom. The zero-order chi connectivity index (χ0) is 17.6. The summed E-state index contributed by atoms with van der Waals surface area (Å²) in [5, 5.41) is 7.16. The van der Waals surface area contributed by atoms with Crippen LogP contribution >= 0.6 is 0 Å². The molecule has 1 aliphatic rings. The van der Waals surface area contributed by atoms with E-state index in [9.17, 15) is 4.79 Å². The van der Waals surface area contributed by atoms with Crippen LogP contribution in [0.2, 0.25) is 0 Å². The molecule has 0 aliphatic carbocycles. The summed E-state index contributed by atoms with van der Waals surface area (Å²) in [5.41, 5.74) is 2.33. The summed E-state index contributed by atoms with van der Waals surface area (Å²) in [6.07, 6.45) is 2.78. The smallest absolute Gasteiger partial charge is 0.318 e. The quantitative estimate of drug-likeness (QED) is 0.877. The van der Waals surface area contributed by atoms with Gasteiger partial charge in [0, 0.05) is 45.5 Å². The van der Waals surface area contributed by atoms with Crippen molar-refractivity contribution in [2.24, 2.45) is 7.05 Å². The van der Waals surface area contributed by atoms with E-state index < -0.39 is 0 Å². The molecule has 0 radical (unpaired) electrons. The SMILES string of the molecule is CCN(C(=O)NCc1ccnn1C)C1CCN(Cc2ccccc2)C1. The van der Waals surface area contributed by atoms with E-state index in [1.54, 1.807) is 10.9 Å². The molecule has 0 spiro atoms. The number of urea groups is 1. The molecule has 1 aromatic heterocycles.